The van der Waals surface area contributed by atoms with Crippen LogP contribution < -0.4 is 5.73 Å². The molecule has 0 aliphatic carbocycles. The highest BCUT2D eigenvalue weighted by atomic mass is 16.3. The van der Waals surface area contributed by atoms with Crippen LogP contribution in [0.2, 0.25) is 0 Å². The average Bonchev–Trinajstić information content (AvgIpc) is 2.96. The molecule has 0 aliphatic heterocycles. The van der Waals surface area contributed by atoms with Crippen molar-refractivity contribution >= 4 is 0 Å². The summed E-state index contributed by atoms with van der Waals surface area (Å²) < 4.78 is 6.75. The zero-order valence-corrected chi connectivity index (χ0v) is 9.15. The van der Waals surface area contributed by atoms with Gasteiger partial charge in [0.05, 0.1) is 25.5 Å². The number of nitrogens with two attached hydrogens (primary N) is 1. The first-order valence-corrected chi connectivity index (χ1v) is 5.21. The third-order valence-corrected chi connectivity index (χ3v) is 2.35. The van der Waals surface area contributed by atoms with E-state index in [0.29, 0.717) is 17.1 Å². The van der Waals surface area contributed by atoms with Gasteiger partial charge in [0.1, 0.15) is 11.4 Å². The number of rotatable bonds is 5. The van der Waals surface area contributed by atoms with Crippen LogP contribution in [-0.4, -0.2) is 37.9 Å². The molecule has 92 valence electrons. The standard InChI is InChI=1S/C10H14N4O3/c11-4-8-10(9-2-1-3-17-9)14(13-12-8)5-7(16)6-15/h1-3,7,15-16H,4-6,11H2. The second kappa shape index (κ2) is 5.09. The fourth-order valence-electron chi connectivity index (χ4n) is 1.55. The predicted molar refractivity (Wildman–Crippen MR) is 58.7 cm³/mol. The maximum absolute atomic E-state index is 9.41. The monoisotopic (exact) mass is 238 g/mol. The lowest BCUT2D eigenvalue weighted by atomic mass is 10.2. The van der Waals surface area contributed by atoms with Crippen LogP contribution in [0, 0.1) is 0 Å². The molecule has 7 nitrogen and oxygen atoms in total. The number of aromatic nitrogens is 3. The van der Waals surface area contributed by atoms with Gasteiger partial charge in [-0.05, 0) is 12.1 Å². The van der Waals surface area contributed by atoms with Crippen LogP contribution in [0.25, 0.3) is 11.5 Å². The van der Waals surface area contributed by atoms with Crippen molar-refractivity contribution in [3.63, 3.8) is 0 Å². The van der Waals surface area contributed by atoms with Crippen molar-refractivity contribution in [3.05, 3.63) is 24.1 Å². The van der Waals surface area contributed by atoms with Crippen molar-refractivity contribution in [1.82, 2.24) is 15.0 Å². The minimum Gasteiger partial charge on any atom is -0.463 e. The van der Waals surface area contributed by atoms with Crippen molar-refractivity contribution in [3.8, 4) is 11.5 Å². The Balaban J connectivity index is 2.36. The van der Waals surface area contributed by atoms with Gasteiger partial charge >= 0.3 is 0 Å². The van der Waals surface area contributed by atoms with Crippen molar-refractivity contribution in [1.29, 1.82) is 0 Å². The lowest BCUT2D eigenvalue weighted by molar-refractivity contribution is 0.0781. The Morgan fingerprint density at radius 1 is 1.53 bits per heavy atom. The fourth-order valence-corrected chi connectivity index (χ4v) is 1.55. The molecule has 2 heterocycles. The van der Waals surface area contributed by atoms with Crippen LogP contribution in [0.4, 0.5) is 0 Å². The molecule has 0 fully saturated rings. The Hall–Kier alpha value is -1.70. The van der Waals surface area contributed by atoms with E-state index in [1.165, 1.54) is 10.9 Å². The Morgan fingerprint density at radius 2 is 2.35 bits per heavy atom. The van der Waals surface area contributed by atoms with Crippen molar-refractivity contribution in [2.45, 2.75) is 19.2 Å². The van der Waals surface area contributed by atoms with E-state index in [-0.39, 0.29) is 19.7 Å². The topological polar surface area (TPSA) is 110 Å². The third-order valence-electron chi connectivity index (χ3n) is 2.35. The molecule has 0 spiro atoms. The minimum atomic E-state index is -0.893. The summed E-state index contributed by atoms with van der Waals surface area (Å²) in [6, 6.07) is 3.51. The van der Waals surface area contributed by atoms with Crippen molar-refractivity contribution in [2.75, 3.05) is 6.61 Å². The highest BCUT2D eigenvalue weighted by Gasteiger charge is 2.17. The molecule has 0 amide bonds. The lowest BCUT2D eigenvalue weighted by Crippen LogP contribution is -2.21. The quantitative estimate of drug-likeness (QED) is 0.638. The van der Waals surface area contributed by atoms with Gasteiger partial charge in [-0.3, -0.25) is 0 Å². The third kappa shape index (κ3) is 2.36. The molecular formula is C10H14N4O3. The van der Waals surface area contributed by atoms with Crippen LogP contribution in [0.5, 0.6) is 0 Å². The second-order valence-electron chi connectivity index (χ2n) is 3.58. The first kappa shape index (κ1) is 11.8. The van der Waals surface area contributed by atoms with Crippen LogP contribution in [0.3, 0.4) is 0 Å². The molecule has 1 atom stereocenters. The Kier molecular flexibility index (Phi) is 3.52. The maximum Gasteiger partial charge on any atom is 0.153 e. The van der Waals surface area contributed by atoms with Crippen LogP contribution in [-0.2, 0) is 13.1 Å². The summed E-state index contributed by atoms with van der Waals surface area (Å²) in [6.07, 6.45) is 0.645. The summed E-state index contributed by atoms with van der Waals surface area (Å²) in [7, 11) is 0. The largest absolute Gasteiger partial charge is 0.463 e. The molecule has 0 aliphatic rings. The molecule has 4 N–H and O–H groups in total. The highest BCUT2D eigenvalue weighted by Crippen LogP contribution is 2.22. The number of aliphatic hydroxyl groups excluding tert-OH is 2. The molecule has 0 bridgehead atoms. The summed E-state index contributed by atoms with van der Waals surface area (Å²) in [4.78, 5) is 0. The normalized spacial score (nSPS) is 12.9. The molecule has 0 radical (unpaired) electrons. The smallest absolute Gasteiger partial charge is 0.153 e. The van der Waals surface area contributed by atoms with E-state index in [0.717, 1.165) is 0 Å². The SMILES string of the molecule is NCc1nnn(CC(O)CO)c1-c1ccco1. The van der Waals surface area contributed by atoms with Gasteiger partial charge < -0.3 is 20.4 Å². The fraction of sp³-hybridized carbons (Fsp3) is 0.400. The molecule has 7 heteroatoms. The number of hydrogen-bond acceptors (Lipinski definition) is 6. The minimum absolute atomic E-state index is 0.138. The number of hydrogen-bond donors (Lipinski definition) is 3. The Bertz CT molecular complexity index is 466. The second-order valence-corrected chi connectivity index (χ2v) is 3.58. The van der Waals surface area contributed by atoms with Gasteiger partial charge in [0.2, 0.25) is 0 Å². The molecular weight excluding hydrogens is 224 g/mol. The summed E-state index contributed by atoms with van der Waals surface area (Å²) in [5.74, 6) is 0.584. The van der Waals surface area contributed by atoms with Gasteiger partial charge in [-0.25, -0.2) is 4.68 Å². The van der Waals surface area contributed by atoms with Crippen LogP contribution in [0.1, 0.15) is 5.69 Å². The molecule has 17 heavy (non-hydrogen) atoms. The molecule has 0 saturated heterocycles. The molecule has 2 aromatic heterocycles. The first-order valence-electron chi connectivity index (χ1n) is 5.21. The van der Waals surface area contributed by atoms with Gasteiger partial charge in [-0.15, -0.1) is 5.10 Å². The number of furan rings is 1. The summed E-state index contributed by atoms with van der Waals surface area (Å²) >= 11 is 0. The van der Waals surface area contributed by atoms with E-state index in [9.17, 15) is 5.11 Å². The molecule has 0 aromatic carbocycles. The molecule has 2 rings (SSSR count). The van der Waals surface area contributed by atoms with Crippen LogP contribution in [0.15, 0.2) is 22.8 Å². The molecule has 2 aromatic rings. The molecule has 1 unspecified atom stereocenters. The van der Waals surface area contributed by atoms with E-state index in [2.05, 4.69) is 10.3 Å². The van der Waals surface area contributed by atoms with Crippen molar-refractivity contribution in [2.24, 2.45) is 5.73 Å². The summed E-state index contributed by atoms with van der Waals surface area (Å²) in [5, 5.41) is 26.0. The Morgan fingerprint density at radius 3 is 2.94 bits per heavy atom. The van der Waals surface area contributed by atoms with Gasteiger partial charge in [0, 0.05) is 6.54 Å². The van der Waals surface area contributed by atoms with Gasteiger partial charge in [0.25, 0.3) is 0 Å². The lowest BCUT2D eigenvalue weighted by Gasteiger charge is -2.09. The zero-order chi connectivity index (χ0) is 12.3. The van der Waals surface area contributed by atoms with Gasteiger partial charge in [0.15, 0.2) is 5.76 Å². The average molecular weight is 238 g/mol. The van der Waals surface area contributed by atoms with E-state index < -0.39 is 6.10 Å². The maximum atomic E-state index is 9.41. The summed E-state index contributed by atoms with van der Waals surface area (Å²) in [6.45, 7) is 0.0280. The predicted octanol–water partition coefficient (Wildman–Crippen LogP) is -0.650. The van der Waals surface area contributed by atoms with Crippen molar-refractivity contribution < 1.29 is 14.6 Å². The summed E-state index contributed by atoms with van der Waals surface area (Å²) in [5.41, 5.74) is 6.78. The number of aliphatic hydroxyl groups is 2. The first-order chi connectivity index (χ1) is 8.26. The van der Waals surface area contributed by atoms with E-state index >= 15 is 0 Å². The van der Waals surface area contributed by atoms with E-state index in [4.69, 9.17) is 15.3 Å². The molecule has 0 saturated carbocycles. The van der Waals surface area contributed by atoms with Gasteiger partial charge in [-0.1, -0.05) is 5.21 Å². The van der Waals surface area contributed by atoms with E-state index in [1.807, 2.05) is 0 Å². The van der Waals surface area contributed by atoms with Gasteiger partial charge in [-0.2, -0.15) is 0 Å². The van der Waals surface area contributed by atoms with E-state index in [1.54, 1.807) is 12.1 Å². The number of nitrogens with zero attached hydrogens (tertiary/aromatic N) is 3. The Labute approximate surface area is 97.5 Å². The van der Waals surface area contributed by atoms with Crippen LogP contribution >= 0.6 is 0 Å². The highest BCUT2D eigenvalue weighted by molar-refractivity contribution is 5.55. The zero-order valence-electron chi connectivity index (χ0n) is 9.15.